The average Bonchev–Trinajstić information content (AvgIpc) is 2.03. The van der Waals surface area contributed by atoms with E-state index in [1.54, 1.807) is 0 Å². The van der Waals surface area contributed by atoms with E-state index in [0.717, 1.165) is 19.5 Å². The van der Waals surface area contributed by atoms with Crippen molar-refractivity contribution < 1.29 is 0 Å². The van der Waals surface area contributed by atoms with Crippen molar-refractivity contribution in [3.8, 4) is 12.3 Å². The van der Waals surface area contributed by atoms with E-state index in [-0.39, 0.29) is 0 Å². The quantitative estimate of drug-likeness (QED) is 0.422. The van der Waals surface area contributed by atoms with Gasteiger partial charge in [0.05, 0.1) is 0 Å². The maximum atomic E-state index is 5.13. The normalized spacial score (nSPS) is 22.5. The van der Waals surface area contributed by atoms with Crippen LogP contribution in [0.3, 0.4) is 0 Å². The van der Waals surface area contributed by atoms with Crippen LogP contribution in [-0.4, -0.2) is 13.1 Å². The second kappa shape index (κ2) is 4.14. The lowest BCUT2D eigenvalue weighted by molar-refractivity contribution is 0.608. The van der Waals surface area contributed by atoms with Gasteiger partial charge in [0, 0.05) is 13.0 Å². The molecular formula is C9H13N. The highest BCUT2D eigenvalue weighted by Gasteiger charge is 2.01. The first-order valence-corrected chi connectivity index (χ1v) is 3.75. The maximum Gasteiger partial charge on any atom is 0.0270 e. The average molecular weight is 135 g/mol. The molecule has 0 saturated carbocycles. The highest BCUT2D eigenvalue weighted by atomic mass is 14.9. The minimum absolute atomic E-state index is 0.789. The molecule has 0 unspecified atom stereocenters. The fraction of sp³-hybridized carbons (Fsp3) is 0.556. The van der Waals surface area contributed by atoms with Gasteiger partial charge in [-0.3, -0.25) is 0 Å². The zero-order chi connectivity index (χ0) is 7.23. The molecule has 1 nitrogen and oxygen atoms in total. The second-order valence-corrected chi connectivity index (χ2v) is 2.55. The summed E-state index contributed by atoms with van der Waals surface area (Å²) in [5.74, 6) is 2.61. The Morgan fingerprint density at radius 3 is 3.20 bits per heavy atom. The van der Waals surface area contributed by atoms with Crippen molar-refractivity contribution in [2.75, 3.05) is 13.1 Å². The van der Waals surface area contributed by atoms with Gasteiger partial charge in [-0.1, -0.05) is 11.6 Å². The Morgan fingerprint density at radius 2 is 2.60 bits per heavy atom. The fourth-order valence-corrected chi connectivity index (χ4v) is 1.16. The molecule has 1 N–H and O–H groups in total. The predicted molar refractivity (Wildman–Crippen MR) is 43.6 cm³/mol. The first-order valence-electron chi connectivity index (χ1n) is 3.75. The van der Waals surface area contributed by atoms with Crippen LogP contribution in [0.4, 0.5) is 0 Å². The summed E-state index contributed by atoms with van der Waals surface area (Å²) < 4.78 is 0. The molecule has 0 bridgehead atoms. The number of piperidine rings is 1. The van der Waals surface area contributed by atoms with Crippen LogP contribution in [0.1, 0.15) is 19.3 Å². The van der Waals surface area contributed by atoms with Crippen LogP contribution >= 0.6 is 0 Å². The van der Waals surface area contributed by atoms with Crippen molar-refractivity contribution in [3.05, 3.63) is 11.6 Å². The molecule has 0 spiro atoms. The molecule has 54 valence electrons. The van der Waals surface area contributed by atoms with Crippen LogP contribution < -0.4 is 5.32 Å². The molecule has 1 aliphatic heterocycles. The van der Waals surface area contributed by atoms with Crippen LogP contribution in [0.25, 0.3) is 0 Å². The standard InChI is InChI=1S/C9H13N/c1-2-3-5-9-6-4-7-10-8-9/h1,5,10H,3-4,6-8H2. The molecule has 0 aromatic carbocycles. The van der Waals surface area contributed by atoms with E-state index in [2.05, 4.69) is 17.3 Å². The van der Waals surface area contributed by atoms with Crippen LogP contribution in [0.5, 0.6) is 0 Å². The number of terminal acetylenes is 1. The number of hydrogen-bond acceptors (Lipinski definition) is 1. The summed E-state index contributed by atoms with van der Waals surface area (Å²) in [4.78, 5) is 0. The van der Waals surface area contributed by atoms with Crippen molar-refractivity contribution in [1.82, 2.24) is 5.32 Å². The third kappa shape index (κ3) is 2.24. The highest BCUT2D eigenvalue weighted by molar-refractivity contribution is 5.10. The summed E-state index contributed by atoms with van der Waals surface area (Å²) in [5.41, 5.74) is 1.48. The Morgan fingerprint density at radius 1 is 1.70 bits per heavy atom. The maximum absolute atomic E-state index is 5.13. The number of nitrogens with one attached hydrogen (secondary N) is 1. The molecule has 1 heterocycles. The zero-order valence-electron chi connectivity index (χ0n) is 6.19. The lowest BCUT2D eigenvalue weighted by Crippen LogP contribution is -2.23. The molecule has 0 atom stereocenters. The lowest BCUT2D eigenvalue weighted by atomic mass is 10.1. The minimum atomic E-state index is 0.789. The van der Waals surface area contributed by atoms with Crippen LogP contribution in [0.2, 0.25) is 0 Å². The topological polar surface area (TPSA) is 12.0 Å². The van der Waals surface area contributed by atoms with Gasteiger partial charge in [0.15, 0.2) is 0 Å². The fourth-order valence-electron chi connectivity index (χ4n) is 1.16. The Kier molecular flexibility index (Phi) is 3.05. The minimum Gasteiger partial charge on any atom is -0.313 e. The van der Waals surface area contributed by atoms with Gasteiger partial charge in [-0.15, -0.1) is 12.3 Å². The summed E-state index contributed by atoms with van der Waals surface area (Å²) >= 11 is 0. The summed E-state index contributed by atoms with van der Waals surface area (Å²) in [7, 11) is 0. The van der Waals surface area contributed by atoms with Crippen molar-refractivity contribution >= 4 is 0 Å². The van der Waals surface area contributed by atoms with Gasteiger partial charge in [-0.05, 0) is 19.4 Å². The predicted octanol–water partition coefficient (Wildman–Crippen LogP) is 1.32. The molecule has 0 radical (unpaired) electrons. The smallest absolute Gasteiger partial charge is 0.0270 e. The Hall–Kier alpha value is -0.740. The van der Waals surface area contributed by atoms with Gasteiger partial charge in [-0.25, -0.2) is 0 Å². The molecule has 1 saturated heterocycles. The molecule has 1 heteroatoms. The van der Waals surface area contributed by atoms with E-state index in [1.807, 2.05) is 0 Å². The van der Waals surface area contributed by atoms with Crippen molar-refractivity contribution in [2.24, 2.45) is 0 Å². The summed E-state index contributed by atoms with van der Waals surface area (Å²) in [5, 5.41) is 3.31. The van der Waals surface area contributed by atoms with Crippen molar-refractivity contribution in [3.63, 3.8) is 0 Å². The molecule has 0 amide bonds. The number of hydrogen-bond donors (Lipinski definition) is 1. The van der Waals surface area contributed by atoms with Gasteiger partial charge in [0.1, 0.15) is 0 Å². The number of allylic oxidation sites excluding steroid dienone is 1. The molecule has 0 aromatic heterocycles. The van der Waals surface area contributed by atoms with Crippen LogP contribution in [-0.2, 0) is 0 Å². The van der Waals surface area contributed by atoms with Gasteiger partial charge < -0.3 is 5.32 Å². The van der Waals surface area contributed by atoms with E-state index in [0.29, 0.717) is 0 Å². The Balaban J connectivity index is 2.32. The first kappa shape index (κ1) is 7.37. The summed E-state index contributed by atoms with van der Waals surface area (Å²) in [6.45, 7) is 2.20. The van der Waals surface area contributed by atoms with Gasteiger partial charge >= 0.3 is 0 Å². The van der Waals surface area contributed by atoms with Gasteiger partial charge in [0.2, 0.25) is 0 Å². The van der Waals surface area contributed by atoms with E-state index >= 15 is 0 Å². The molecular weight excluding hydrogens is 122 g/mol. The molecule has 1 fully saturated rings. The van der Waals surface area contributed by atoms with Crippen molar-refractivity contribution in [2.45, 2.75) is 19.3 Å². The Bertz CT molecular complexity index is 154. The van der Waals surface area contributed by atoms with E-state index in [9.17, 15) is 0 Å². The summed E-state index contributed by atoms with van der Waals surface area (Å²) in [6.07, 6.45) is 10.6. The van der Waals surface area contributed by atoms with Gasteiger partial charge in [-0.2, -0.15) is 0 Å². The molecule has 0 aliphatic carbocycles. The number of rotatable bonds is 1. The zero-order valence-corrected chi connectivity index (χ0v) is 6.19. The second-order valence-electron chi connectivity index (χ2n) is 2.55. The lowest BCUT2D eigenvalue weighted by Gasteiger charge is -2.14. The van der Waals surface area contributed by atoms with E-state index < -0.39 is 0 Å². The molecule has 0 aromatic rings. The van der Waals surface area contributed by atoms with Gasteiger partial charge in [0.25, 0.3) is 0 Å². The van der Waals surface area contributed by atoms with Crippen molar-refractivity contribution in [1.29, 1.82) is 0 Å². The Labute approximate surface area is 62.5 Å². The van der Waals surface area contributed by atoms with E-state index in [4.69, 9.17) is 6.42 Å². The van der Waals surface area contributed by atoms with E-state index in [1.165, 1.54) is 18.4 Å². The van der Waals surface area contributed by atoms with Crippen LogP contribution in [0.15, 0.2) is 11.6 Å². The SMILES string of the molecule is C#CCC=C1CCCNC1. The molecule has 1 aliphatic rings. The first-order chi connectivity index (χ1) is 4.93. The monoisotopic (exact) mass is 135 g/mol. The van der Waals surface area contributed by atoms with Crippen LogP contribution in [0, 0.1) is 12.3 Å². The molecule has 10 heavy (non-hydrogen) atoms. The highest BCUT2D eigenvalue weighted by Crippen LogP contribution is 2.08. The third-order valence-corrected chi connectivity index (χ3v) is 1.71. The molecule has 1 rings (SSSR count). The largest absolute Gasteiger partial charge is 0.313 e. The summed E-state index contributed by atoms with van der Waals surface area (Å²) in [6, 6.07) is 0. The third-order valence-electron chi connectivity index (χ3n) is 1.71.